The van der Waals surface area contributed by atoms with Gasteiger partial charge in [-0.1, -0.05) is 0 Å². The fourth-order valence-electron chi connectivity index (χ4n) is 2.73. The first-order chi connectivity index (χ1) is 12.1. The summed E-state index contributed by atoms with van der Waals surface area (Å²) in [7, 11) is 1.74. The summed E-state index contributed by atoms with van der Waals surface area (Å²) in [5.41, 5.74) is 0.686. The summed E-state index contributed by atoms with van der Waals surface area (Å²) in [4.78, 5) is 16.3. The Morgan fingerprint density at radius 3 is 2.92 bits per heavy atom. The van der Waals surface area contributed by atoms with Gasteiger partial charge in [0.15, 0.2) is 0 Å². The van der Waals surface area contributed by atoms with Crippen LogP contribution < -0.4 is 5.32 Å². The van der Waals surface area contributed by atoms with E-state index in [1.54, 1.807) is 24.4 Å². The van der Waals surface area contributed by atoms with E-state index in [4.69, 9.17) is 9.15 Å². The fraction of sp³-hybridized carbons (Fsp3) is 0.529. The van der Waals surface area contributed by atoms with E-state index in [0.717, 1.165) is 45.2 Å². The molecule has 3 rings (SSSR count). The largest absolute Gasteiger partial charge is 0.467 e. The molecule has 0 unspecified atom stereocenters. The summed E-state index contributed by atoms with van der Waals surface area (Å²) in [6.07, 6.45) is 5.13. The maximum absolute atomic E-state index is 12.4. The molecule has 0 saturated carbocycles. The zero-order valence-electron chi connectivity index (χ0n) is 14.7. The van der Waals surface area contributed by atoms with Crippen LogP contribution in [0.5, 0.6) is 0 Å². The highest BCUT2D eigenvalue weighted by Gasteiger charge is 2.20. The lowest BCUT2D eigenvalue weighted by Gasteiger charge is -2.26. The highest BCUT2D eigenvalue weighted by molar-refractivity contribution is 5.89. The van der Waals surface area contributed by atoms with Crippen LogP contribution in [0.3, 0.4) is 0 Å². The molecule has 0 radical (unpaired) electrons. The van der Waals surface area contributed by atoms with Crippen LogP contribution in [0, 0.1) is 0 Å². The van der Waals surface area contributed by atoms with E-state index >= 15 is 0 Å². The Kier molecular flexibility index (Phi) is 5.72. The van der Waals surface area contributed by atoms with Crippen LogP contribution in [0.15, 0.2) is 35.2 Å². The standard InChI is InChI=1S/C17H25N5O3/c1-14(16-4-3-9-25-16)20(2)17(23)19-15-12-18-22(13-15)6-5-21-7-10-24-11-8-21/h3-4,9,12-14H,5-8,10-11H2,1-2H3,(H,19,23)/t14-/m0/s1. The van der Waals surface area contributed by atoms with Crippen molar-refractivity contribution in [2.45, 2.75) is 19.5 Å². The number of morpholine rings is 1. The van der Waals surface area contributed by atoms with Crippen LogP contribution in [0.25, 0.3) is 0 Å². The van der Waals surface area contributed by atoms with E-state index in [1.807, 2.05) is 29.9 Å². The first-order valence-electron chi connectivity index (χ1n) is 8.53. The minimum absolute atomic E-state index is 0.147. The first-order valence-corrected chi connectivity index (χ1v) is 8.53. The summed E-state index contributed by atoms with van der Waals surface area (Å²) < 4.78 is 12.6. The average molecular weight is 347 g/mol. The summed E-state index contributed by atoms with van der Waals surface area (Å²) in [5.74, 6) is 0.749. The van der Waals surface area contributed by atoms with Crippen molar-refractivity contribution in [1.29, 1.82) is 0 Å². The molecular formula is C17H25N5O3. The molecule has 2 aromatic rings. The molecule has 136 valence electrons. The van der Waals surface area contributed by atoms with Crippen LogP contribution in [0.1, 0.15) is 18.7 Å². The number of carbonyl (C=O) groups is 1. The number of anilines is 1. The third kappa shape index (κ3) is 4.61. The Labute approximate surface area is 147 Å². The lowest BCUT2D eigenvalue weighted by Crippen LogP contribution is -2.38. The number of furan rings is 1. The number of hydrogen-bond acceptors (Lipinski definition) is 5. The van der Waals surface area contributed by atoms with E-state index in [0.29, 0.717) is 5.69 Å². The average Bonchev–Trinajstić information content (AvgIpc) is 3.31. The second-order valence-corrected chi connectivity index (χ2v) is 6.18. The molecule has 8 nitrogen and oxygen atoms in total. The maximum atomic E-state index is 12.4. The van der Waals surface area contributed by atoms with Gasteiger partial charge in [0.2, 0.25) is 0 Å². The van der Waals surface area contributed by atoms with Gasteiger partial charge in [-0.3, -0.25) is 9.58 Å². The molecule has 2 amide bonds. The Morgan fingerprint density at radius 1 is 1.40 bits per heavy atom. The highest BCUT2D eigenvalue weighted by Crippen LogP contribution is 2.20. The molecule has 0 aromatic carbocycles. The molecule has 25 heavy (non-hydrogen) atoms. The third-order valence-corrected chi connectivity index (χ3v) is 4.49. The maximum Gasteiger partial charge on any atom is 0.322 e. The summed E-state index contributed by atoms with van der Waals surface area (Å²) in [5, 5.41) is 7.19. The van der Waals surface area contributed by atoms with Gasteiger partial charge < -0.3 is 19.4 Å². The van der Waals surface area contributed by atoms with Gasteiger partial charge in [0.25, 0.3) is 0 Å². The Hall–Kier alpha value is -2.32. The quantitative estimate of drug-likeness (QED) is 0.865. The van der Waals surface area contributed by atoms with E-state index < -0.39 is 0 Å². The number of amides is 2. The molecule has 3 heterocycles. The van der Waals surface area contributed by atoms with E-state index in [-0.39, 0.29) is 12.1 Å². The number of aromatic nitrogens is 2. The molecule has 0 bridgehead atoms. The van der Waals surface area contributed by atoms with Crippen molar-refractivity contribution in [3.05, 3.63) is 36.5 Å². The van der Waals surface area contributed by atoms with Gasteiger partial charge in [0.1, 0.15) is 5.76 Å². The molecule has 0 aliphatic carbocycles. The van der Waals surface area contributed by atoms with Crippen molar-refractivity contribution in [1.82, 2.24) is 19.6 Å². The molecule has 1 aliphatic heterocycles. The van der Waals surface area contributed by atoms with Gasteiger partial charge in [0, 0.05) is 32.9 Å². The van der Waals surface area contributed by atoms with Crippen molar-refractivity contribution in [3.8, 4) is 0 Å². The van der Waals surface area contributed by atoms with Gasteiger partial charge in [-0.25, -0.2) is 4.79 Å². The summed E-state index contributed by atoms with van der Waals surface area (Å²) >= 11 is 0. The zero-order chi connectivity index (χ0) is 17.6. The van der Waals surface area contributed by atoms with Crippen molar-refractivity contribution >= 4 is 11.7 Å². The lowest BCUT2D eigenvalue weighted by atomic mass is 10.2. The number of rotatable bonds is 6. The van der Waals surface area contributed by atoms with Crippen LogP contribution in [-0.2, 0) is 11.3 Å². The van der Waals surface area contributed by atoms with Gasteiger partial charge >= 0.3 is 6.03 Å². The molecule has 1 N–H and O–H groups in total. The Balaban J connectivity index is 1.49. The second kappa shape index (κ2) is 8.17. The van der Waals surface area contributed by atoms with Crippen molar-refractivity contribution < 1.29 is 13.9 Å². The molecule has 0 spiro atoms. The van der Waals surface area contributed by atoms with Crippen LogP contribution in [0.4, 0.5) is 10.5 Å². The topological polar surface area (TPSA) is 75.8 Å². The molecule has 1 saturated heterocycles. The number of hydrogen-bond donors (Lipinski definition) is 1. The number of carbonyl (C=O) groups excluding carboxylic acids is 1. The van der Waals surface area contributed by atoms with Gasteiger partial charge in [-0.15, -0.1) is 0 Å². The molecule has 2 aromatic heterocycles. The molecule has 8 heteroatoms. The minimum Gasteiger partial charge on any atom is -0.467 e. The first kappa shape index (κ1) is 17.5. The van der Waals surface area contributed by atoms with E-state index in [1.165, 1.54) is 0 Å². The van der Waals surface area contributed by atoms with Crippen LogP contribution >= 0.6 is 0 Å². The number of nitrogens with zero attached hydrogens (tertiary/aromatic N) is 4. The van der Waals surface area contributed by atoms with Crippen molar-refractivity contribution in [2.75, 3.05) is 45.2 Å². The monoisotopic (exact) mass is 347 g/mol. The molecular weight excluding hydrogens is 322 g/mol. The third-order valence-electron chi connectivity index (χ3n) is 4.49. The van der Waals surface area contributed by atoms with E-state index in [2.05, 4.69) is 15.3 Å². The smallest absolute Gasteiger partial charge is 0.322 e. The predicted octanol–water partition coefficient (Wildman–Crippen LogP) is 2.03. The van der Waals surface area contributed by atoms with Crippen molar-refractivity contribution in [2.24, 2.45) is 0 Å². The summed E-state index contributed by atoms with van der Waals surface area (Å²) in [6, 6.07) is 3.33. The number of nitrogens with one attached hydrogen (secondary N) is 1. The zero-order valence-corrected chi connectivity index (χ0v) is 14.7. The van der Waals surface area contributed by atoms with E-state index in [9.17, 15) is 4.79 Å². The number of ether oxygens (including phenoxy) is 1. The van der Waals surface area contributed by atoms with Gasteiger partial charge in [-0.05, 0) is 19.1 Å². The molecule has 1 aliphatic rings. The molecule has 1 atom stereocenters. The number of urea groups is 1. The minimum atomic E-state index is -0.198. The van der Waals surface area contributed by atoms with Crippen LogP contribution in [0.2, 0.25) is 0 Å². The van der Waals surface area contributed by atoms with Crippen molar-refractivity contribution in [3.63, 3.8) is 0 Å². The Bertz CT molecular complexity index is 664. The normalized spacial score (nSPS) is 16.6. The Morgan fingerprint density at radius 2 is 2.20 bits per heavy atom. The lowest BCUT2D eigenvalue weighted by molar-refractivity contribution is 0.0360. The predicted molar refractivity (Wildman–Crippen MR) is 93.4 cm³/mol. The summed E-state index contributed by atoms with van der Waals surface area (Å²) in [6.45, 7) is 7.13. The van der Waals surface area contributed by atoms with Gasteiger partial charge in [0.05, 0.1) is 43.9 Å². The van der Waals surface area contributed by atoms with Gasteiger partial charge in [-0.2, -0.15) is 5.10 Å². The highest BCUT2D eigenvalue weighted by atomic mass is 16.5. The molecule has 1 fully saturated rings. The second-order valence-electron chi connectivity index (χ2n) is 6.18. The SMILES string of the molecule is C[C@@H](c1ccco1)N(C)C(=O)Nc1cnn(CCN2CCOCC2)c1. The fourth-order valence-corrected chi connectivity index (χ4v) is 2.73. The van der Waals surface area contributed by atoms with Crippen LogP contribution in [-0.4, -0.2) is 65.5 Å².